The Balaban J connectivity index is 2.99. The van der Waals surface area contributed by atoms with Gasteiger partial charge in [-0.15, -0.1) is 0 Å². The van der Waals surface area contributed by atoms with E-state index in [2.05, 4.69) is 0 Å². The smallest absolute Gasteiger partial charge is 0.320 e. The summed E-state index contributed by atoms with van der Waals surface area (Å²) in [5.74, 6) is -1.29. The van der Waals surface area contributed by atoms with Crippen LogP contribution in [0.1, 0.15) is 51.4 Å². The Morgan fingerprint density at radius 3 is 1.95 bits per heavy atom. The molecule has 21 heavy (non-hydrogen) atoms. The van der Waals surface area contributed by atoms with Gasteiger partial charge in [-0.2, -0.15) is 0 Å². The molecule has 0 heterocycles. The summed E-state index contributed by atoms with van der Waals surface area (Å²) in [6.07, 6.45) is -0.193. The number of carbonyl (C=O) groups excluding carboxylic acids is 3. The molecule has 0 unspecified atom stereocenters. The number of ketones is 2. The van der Waals surface area contributed by atoms with Crippen LogP contribution in [0.4, 0.5) is 0 Å². The minimum Gasteiger partial charge on any atom is -0.459 e. The molecule has 114 valence electrons. The van der Waals surface area contributed by atoms with Crippen molar-refractivity contribution in [1.82, 2.24) is 0 Å². The molecule has 1 atom stereocenters. The van der Waals surface area contributed by atoms with Crippen molar-refractivity contribution < 1.29 is 19.1 Å². The molecule has 1 aromatic carbocycles. The Morgan fingerprint density at radius 1 is 1.00 bits per heavy atom. The summed E-state index contributed by atoms with van der Waals surface area (Å²) in [6.45, 7) is 7.95. The number of carbonyl (C=O) groups is 3. The van der Waals surface area contributed by atoms with Crippen LogP contribution in [0.5, 0.6) is 0 Å². The van der Waals surface area contributed by atoms with Gasteiger partial charge in [-0.3, -0.25) is 14.4 Å². The van der Waals surface area contributed by atoms with Crippen LogP contribution < -0.4 is 0 Å². The maximum atomic E-state index is 12.3. The van der Waals surface area contributed by atoms with Crippen LogP contribution in [-0.2, 0) is 14.3 Å². The zero-order chi connectivity index (χ0) is 16.3. The van der Waals surface area contributed by atoms with Crippen molar-refractivity contribution in [3.63, 3.8) is 0 Å². The van der Waals surface area contributed by atoms with Gasteiger partial charge in [0, 0.05) is 12.0 Å². The highest BCUT2D eigenvalue weighted by Gasteiger charge is 2.43. The van der Waals surface area contributed by atoms with E-state index in [1.807, 2.05) is 0 Å². The lowest BCUT2D eigenvalue weighted by Gasteiger charge is -2.29. The Bertz CT molecular complexity index is 540. The lowest BCUT2D eigenvalue weighted by molar-refractivity contribution is -0.168. The van der Waals surface area contributed by atoms with Gasteiger partial charge >= 0.3 is 5.97 Å². The van der Waals surface area contributed by atoms with Gasteiger partial charge in [0.2, 0.25) is 0 Å². The van der Waals surface area contributed by atoms with E-state index in [0.717, 1.165) is 0 Å². The summed E-state index contributed by atoms with van der Waals surface area (Å²) >= 11 is 0. The van der Waals surface area contributed by atoms with Crippen molar-refractivity contribution in [1.29, 1.82) is 0 Å². The van der Waals surface area contributed by atoms with E-state index in [0.29, 0.717) is 5.56 Å². The van der Waals surface area contributed by atoms with E-state index in [4.69, 9.17) is 4.74 Å². The molecule has 0 bridgehead atoms. The van der Waals surface area contributed by atoms with Crippen molar-refractivity contribution >= 4 is 17.5 Å². The average Bonchev–Trinajstić information content (AvgIpc) is 2.37. The van der Waals surface area contributed by atoms with Crippen LogP contribution in [0.2, 0.25) is 0 Å². The molecule has 0 aromatic heterocycles. The van der Waals surface area contributed by atoms with Crippen LogP contribution in [0, 0.1) is 5.41 Å². The van der Waals surface area contributed by atoms with Crippen LogP contribution in [0.25, 0.3) is 0 Å². The molecule has 0 N–H and O–H groups in total. The Labute approximate surface area is 125 Å². The third-order valence-electron chi connectivity index (χ3n) is 3.24. The summed E-state index contributed by atoms with van der Waals surface area (Å²) in [4.78, 5) is 36.5. The monoisotopic (exact) mass is 290 g/mol. The van der Waals surface area contributed by atoms with E-state index < -0.39 is 17.0 Å². The van der Waals surface area contributed by atoms with Gasteiger partial charge in [0.05, 0.1) is 0 Å². The van der Waals surface area contributed by atoms with E-state index in [1.165, 1.54) is 13.8 Å². The minimum absolute atomic E-state index is 0.193. The highest BCUT2D eigenvalue weighted by atomic mass is 16.6. The molecule has 0 aliphatic heterocycles. The molecule has 1 rings (SSSR count). The number of hydrogen-bond acceptors (Lipinski definition) is 4. The zero-order valence-electron chi connectivity index (χ0n) is 13.2. The third-order valence-corrected chi connectivity index (χ3v) is 3.24. The molecule has 0 fully saturated rings. The van der Waals surface area contributed by atoms with Gasteiger partial charge in [-0.25, -0.2) is 0 Å². The Morgan fingerprint density at radius 2 is 1.52 bits per heavy atom. The second-order valence-corrected chi connectivity index (χ2v) is 6.36. The first kappa shape index (κ1) is 17.1. The van der Waals surface area contributed by atoms with Crippen molar-refractivity contribution in [2.24, 2.45) is 5.41 Å². The number of esters is 1. The first-order valence-electron chi connectivity index (χ1n) is 6.89. The molecule has 0 saturated carbocycles. The van der Waals surface area contributed by atoms with E-state index >= 15 is 0 Å². The van der Waals surface area contributed by atoms with Crippen LogP contribution in [0.15, 0.2) is 30.3 Å². The maximum absolute atomic E-state index is 12.3. The van der Waals surface area contributed by atoms with Gasteiger partial charge in [-0.1, -0.05) is 30.3 Å². The topological polar surface area (TPSA) is 60.4 Å². The van der Waals surface area contributed by atoms with Crippen LogP contribution >= 0.6 is 0 Å². The lowest BCUT2D eigenvalue weighted by atomic mass is 9.80. The molecule has 0 radical (unpaired) electrons. The van der Waals surface area contributed by atoms with E-state index in [1.54, 1.807) is 51.1 Å². The molecular formula is C17H22O4. The van der Waals surface area contributed by atoms with Crippen molar-refractivity contribution in [3.8, 4) is 0 Å². The molecule has 0 amide bonds. The van der Waals surface area contributed by atoms with Gasteiger partial charge in [0.1, 0.15) is 16.8 Å². The van der Waals surface area contributed by atoms with Crippen molar-refractivity contribution in [2.45, 2.75) is 46.6 Å². The molecule has 4 nitrogen and oxygen atoms in total. The fourth-order valence-electron chi connectivity index (χ4n) is 1.78. The van der Waals surface area contributed by atoms with E-state index in [9.17, 15) is 14.4 Å². The predicted molar refractivity (Wildman–Crippen MR) is 80.0 cm³/mol. The number of ether oxygens (including phenoxy) is 1. The van der Waals surface area contributed by atoms with Crippen molar-refractivity contribution in [3.05, 3.63) is 35.9 Å². The molecule has 0 saturated heterocycles. The number of Topliss-reactive ketones (excluding diaryl/α,β-unsaturated/α-hetero) is 2. The van der Waals surface area contributed by atoms with Gasteiger partial charge in [0.15, 0.2) is 5.78 Å². The first-order valence-corrected chi connectivity index (χ1v) is 6.89. The SMILES string of the molecule is CC(=O)[C@@](C)(CC(=O)c1ccccc1)C(=O)OC(C)(C)C. The van der Waals surface area contributed by atoms with Crippen LogP contribution in [0.3, 0.4) is 0 Å². The summed E-state index contributed by atoms with van der Waals surface area (Å²) in [5.41, 5.74) is -1.68. The summed E-state index contributed by atoms with van der Waals surface area (Å²) in [5, 5.41) is 0. The first-order chi connectivity index (χ1) is 9.56. The van der Waals surface area contributed by atoms with Gasteiger partial charge in [0.25, 0.3) is 0 Å². The van der Waals surface area contributed by atoms with Gasteiger partial charge in [-0.05, 0) is 34.6 Å². The minimum atomic E-state index is -1.46. The van der Waals surface area contributed by atoms with Crippen LogP contribution in [-0.4, -0.2) is 23.1 Å². The largest absolute Gasteiger partial charge is 0.459 e. The molecule has 0 spiro atoms. The normalized spacial score (nSPS) is 14.1. The number of hydrogen-bond donors (Lipinski definition) is 0. The summed E-state index contributed by atoms with van der Waals surface area (Å²) in [6, 6.07) is 8.61. The second-order valence-electron chi connectivity index (χ2n) is 6.36. The lowest BCUT2D eigenvalue weighted by Crippen LogP contribution is -2.42. The third kappa shape index (κ3) is 4.52. The predicted octanol–water partition coefficient (Wildman–Crippen LogP) is 3.20. The second kappa shape index (κ2) is 6.20. The van der Waals surface area contributed by atoms with E-state index in [-0.39, 0.29) is 18.0 Å². The maximum Gasteiger partial charge on any atom is 0.320 e. The summed E-state index contributed by atoms with van der Waals surface area (Å²) < 4.78 is 5.29. The van der Waals surface area contributed by atoms with Gasteiger partial charge < -0.3 is 4.74 Å². The fourth-order valence-corrected chi connectivity index (χ4v) is 1.78. The Hall–Kier alpha value is -1.97. The quantitative estimate of drug-likeness (QED) is 0.474. The molecule has 0 aliphatic carbocycles. The average molecular weight is 290 g/mol. The molecule has 0 aliphatic rings. The molecule has 4 heteroatoms. The number of benzene rings is 1. The molecular weight excluding hydrogens is 268 g/mol. The number of rotatable bonds is 5. The molecule has 1 aromatic rings. The fraction of sp³-hybridized carbons (Fsp3) is 0.471. The highest BCUT2D eigenvalue weighted by Crippen LogP contribution is 2.29. The standard InChI is InChI=1S/C17H22O4/c1-12(18)17(5,15(20)21-16(2,3)4)11-14(19)13-9-7-6-8-10-13/h6-10H,11H2,1-5H3/t17-/m1/s1. The highest BCUT2D eigenvalue weighted by molar-refractivity contribution is 6.08. The Kier molecular flexibility index (Phi) is 5.05. The zero-order valence-corrected chi connectivity index (χ0v) is 13.2. The van der Waals surface area contributed by atoms with Crippen molar-refractivity contribution in [2.75, 3.05) is 0 Å². The summed E-state index contributed by atoms with van der Waals surface area (Å²) in [7, 11) is 0.